The lowest BCUT2D eigenvalue weighted by atomic mass is 10.0. The highest BCUT2D eigenvalue weighted by Gasteiger charge is 2.14. The maximum absolute atomic E-state index is 9.79. The molecule has 3 rings (SSSR count). The zero-order valence-corrected chi connectivity index (χ0v) is 11.7. The van der Waals surface area contributed by atoms with E-state index < -0.39 is 0 Å². The van der Waals surface area contributed by atoms with Gasteiger partial charge >= 0.3 is 0 Å². The van der Waals surface area contributed by atoms with E-state index in [1.165, 1.54) is 5.56 Å². The molecule has 0 spiro atoms. The number of phenols is 1. The van der Waals surface area contributed by atoms with Crippen LogP contribution in [0, 0.1) is 0 Å². The van der Waals surface area contributed by atoms with E-state index >= 15 is 0 Å². The summed E-state index contributed by atoms with van der Waals surface area (Å²) in [5.74, 6) is 0.184. The zero-order chi connectivity index (χ0) is 13.9. The van der Waals surface area contributed by atoms with E-state index in [4.69, 9.17) is 11.6 Å². The minimum absolute atomic E-state index is 0.184. The minimum Gasteiger partial charge on any atom is -0.507 e. The van der Waals surface area contributed by atoms with E-state index in [1.807, 2.05) is 11.1 Å². The van der Waals surface area contributed by atoms with E-state index in [0.717, 1.165) is 25.1 Å². The summed E-state index contributed by atoms with van der Waals surface area (Å²) in [6.07, 6.45) is 3.82. The first-order chi connectivity index (χ1) is 9.74. The summed E-state index contributed by atoms with van der Waals surface area (Å²) in [5.41, 5.74) is 3.07. The van der Waals surface area contributed by atoms with E-state index in [9.17, 15) is 5.11 Å². The van der Waals surface area contributed by atoms with Crippen molar-refractivity contribution in [2.24, 2.45) is 5.10 Å². The lowest BCUT2D eigenvalue weighted by molar-refractivity contribution is 0.474. The average Bonchev–Trinajstić information content (AvgIpc) is 2.48. The molecule has 1 heterocycles. The summed E-state index contributed by atoms with van der Waals surface area (Å²) in [5, 5.41) is 16.8. The molecule has 1 aliphatic heterocycles. The number of anilines is 1. The summed E-state index contributed by atoms with van der Waals surface area (Å²) in [6, 6.07) is 13.2. The predicted molar refractivity (Wildman–Crippen MR) is 82.8 cm³/mol. The molecule has 20 heavy (non-hydrogen) atoms. The molecular weight excluding hydrogens is 272 g/mol. The molecule has 0 amide bonds. The molecule has 0 fully saturated rings. The normalized spacial score (nSPS) is 14.6. The standard InChI is InChI=1S/C16H15ClN2O/c17-14-7-8-16(20)13(10-14)11-18-19-9-3-5-12-4-1-2-6-15(12)19/h1-2,4,6-8,10-11,20H,3,5,9H2/b18-11+. The molecule has 0 unspecified atom stereocenters. The van der Waals surface area contributed by atoms with Crippen LogP contribution in [-0.2, 0) is 6.42 Å². The van der Waals surface area contributed by atoms with Crippen molar-refractivity contribution < 1.29 is 5.11 Å². The van der Waals surface area contributed by atoms with Crippen LogP contribution in [0.4, 0.5) is 5.69 Å². The quantitative estimate of drug-likeness (QED) is 0.852. The molecular formula is C16H15ClN2O. The average molecular weight is 287 g/mol. The second-order valence-corrected chi connectivity index (χ2v) is 5.24. The van der Waals surface area contributed by atoms with Crippen molar-refractivity contribution in [3.63, 3.8) is 0 Å². The highest BCUT2D eigenvalue weighted by Crippen LogP contribution is 2.27. The highest BCUT2D eigenvalue weighted by atomic mass is 35.5. The van der Waals surface area contributed by atoms with Gasteiger partial charge in [-0.25, -0.2) is 0 Å². The largest absolute Gasteiger partial charge is 0.507 e. The predicted octanol–water partition coefficient (Wildman–Crippen LogP) is 3.83. The summed E-state index contributed by atoms with van der Waals surface area (Å²) in [4.78, 5) is 0. The SMILES string of the molecule is Oc1ccc(Cl)cc1/C=N/N1CCCc2ccccc21. The van der Waals surface area contributed by atoms with Gasteiger partial charge in [0.1, 0.15) is 5.75 Å². The van der Waals surface area contributed by atoms with Gasteiger partial charge in [-0.05, 0) is 42.7 Å². The molecule has 2 aromatic rings. The fourth-order valence-corrected chi connectivity index (χ4v) is 2.57. The van der Waals surface area contributed by atoms with Gasteiger partial charge in [-0.15, -0.1) is 0 Å². The van der Waals surface area contributed by atoms with Crippen LogP contribution in [0.15, 0.2) is 47.6 Å². The molecule has 102 valence electrons. The van der Waals surface area contributed by atoms with Crippen LogP contribution in [0.25, 0.3) is 0 Å². The first-order valence-electron chi connectivity index (χ1n) is 6.62. The number of phenolic OH excluding ortho intramolecular Hbond substituents is 1. The second-order valence-electron chi connectivity index (χ2n) is 4.80. The van der Waals surface area contributed by atoms with E-state index in [0.29, 0.717) is 10.6 Å². The summed E-state index contributed by atoms with van der Waals surface area (Å²) < 4.78 is 0. The number of aryl methyl sites for hydroxylation is 1. The first kappa shape index (κ1) is 13.0. The molecule has 1 aliphatic rings. The van der Waals surface area contributed by atoms with Crippen LogP contribution in [0.2, 0.25) is 5.02 Å². The maximum Gasteiger partial charge on any atom is 0.124 e. The number of para-hydroxylation sites is 1. The van der Waals surface area contributed by atoms with Gasteiger partial charge in [0.25, 0.3) is 0 Å². The number of benzene rings is 2. The molecule has 0 aliphatic carbocycles. The first-order valence-corrected chi connectivity index (χ1v) is 7.00. The molecule has 0 saturated carbocycles. The van der Waals surface area contributed by atoms with Crippen LogP contribution in [0.3, 0.4) is 0 Å². The van der Waals surface area contributed by atoms with Gasteiger partial charge < -0.3 is 5.11 Å². The van der Waals surface area contributed by atoms with Gasteiger partial charge in [-0.1, -0.05) is 29.8 Å². The summed E-state index contributed by atoms with van der Waals surface area (Å²) in [6.45, 7) is 0.884. The Bertz CT molecular complexity index is 655. The monoisotopic (exact) mass is 286 g/mol. The number of fused-ring (bicyclic) bond motifs is 1. The van der Waals surface area contributed by atoms with Gasteiger partial charge in [-0.3, -0.25) is 5.01 Å². The number of hydrogen-bond donors (Lipinski definition) is 1. The number of hydrazone groups is 1. The zero-order valence-electron chi connectivity index (χ0n) is 11.0. The third kappa shape index (κ3) is 2.63. The smallest absolute Gasteiger partial charge is 0.124 e. The van der Waals surface area contributed by atoms with E-state index in [1.54, 1.807) is 24.4 Å². The topological polar surface area (TPSA) is 35.8 Å². The number of hydrogen-bond acceptors (Lipinski definition) is 3. The van der Waals surface area contributed by atoms with Crippen molar-refractivity contribution in [3.8, 4) is 5.75 Å². The van der Waals surface area contributed by atoms with Crippen molar-refractivity contribution in [2.45, 2.75) is 12.8 Å². The maximum atomic E-state index is 9.79. The number of halogens is 1. The van der Waals surface area contributed by atoms with E-state index in [-0.39, 0.29) is 5.75 Å². The number of nitrogens with zero attached hydrogens (tertiary/aromatic N) is 2. The molecule has 0 atom stereocenters. The minimum atomic E-state index is 0.184. The number of aromatic hydroxyl groups is 1. The van der Waals surface area contributed by atoms with Crippen molar-refractivity contribution in [1.82, 2.24) is 0 Å². The lowest BCUT2D eigenvalue weighted by Crippen LogP contribution is -2.24. The Labute approximate surface area is 123 Å². The Hall–Kier alpha value is -2.00. The van der Waals surface area contributed by atoms with Crippen molar-refractivity contribution >= 4 is 23.5 Å². The van der Waals surface area contributed by atoms with Crippen molar-refractivity contribution in [3.05, 3.63) is 58.6 Å². The van der Waals surface area contributed by atoms with Gasteiger partial charge in [0.2, 0.25) is 0 Å². The summed E-state index contributed by atoms with van der Waals surface area (Å²) >= 11 is 5.93. The van der Waals surface area contributed by atoms with E-state index in [2.05, 4.69) is 23.3 Å². The van der Waals surface area contributed by atoms with Crippen LogP contribution >= 0.6 is 11.6 Å². The highest BCUT2D eigenvalue weighted by molar-refractivity contribution is 6.30. The van der Waals surface area contributed by atoms with Gasteiger partial charge in [0.15, 0.2) is 0 Å². The van der Waals surface area contributed by atoms with Gasteiger partial charge in [-0.2, -0.15) is 5.10 Å². The van der Waals surface area contributed by atoms with Crippen molar-refractivity contribution in [1.29, 1.82) is 0 Å². The molecule has 3 nitrogen and oxygen atoms in total. The van der Waals surface area contributed by atoms with Crippen LogP contribution < -0.4 is 5.01 Å². The molecule has 0 radical (unpaired) electrons. The Morgan fingerprint density at radius 1 is 1.20 bits per heavy atom. The lowest BCUT2D eigenvalue weighted by Gasteiger charge is -2.26. The fourth-order valence-electron chi connectivity index (χ4n) is 2.39. The van der Waals surface area contributed by atoms with Crippen LogP contribution in [0.1, 0.15) is 17.5 Å². The van der Waals surface area contributed by atoms with Crippen LogP contribution in [-0.4, -0.2) is 17.9 Å². The Morgan fingerprint density at radius 2 is 2.05 bits per heavy atom. The van der Waals surface area contributed by atoms with Gasteiger partial charge in [0, 0.05) is 17.1 Å². The Morgan fingerprint density at radius 3 is 2.95 bits per heavy atom. The third-order valence-electron chi connectivity index (χ3n) is 3.41. The molecule has 4 heteroatoms. The molecule has 2 aromatic carbocycles. The Kier molecular flexibility index (Phi) is 3.61. The molecule has 1 N–H and O–H groups in total. The second kappa shape index (κ2) is 5.55. The Balaban J connectivity index is 1.88. The van der Waals surface area contributed by atoms with Crippen molar-refractivity contribution in [2.75, 3.05) is 11.6 Å². The fraction of sp³-hybridized carbons (Fsp3) is 0.188. The summed E-state index contributed by atoms with van der Waals surface area (Å²) in [7, 11) is 0. The van der Waals surface area contributed by atoms with Gasteiger partial charge in [0.05, 0.1) is 11.9 Å². The third-order valence-corrected chi connectivity index (χ3v) is 3.65. The number of rotatable bonds is 2. The molecule has 0 saturated heterocycles. The molecule has 0 bridgehead atoms. The van der Waals surface area contributed by atoms with Crippen LogP contribution in [0.5, 0.6) is 5.75 Å². The molecule has 0 aromatic heterocycles.